The predicted molar refractivity (Wildman–Crippen MR) is 159 cm³/mol. The first-order chi connectivity index (χ1) is 21.8. The summed E-state index contributed by atoms with van der Waals surface area (Å²) < 4.78 is 1.61. The number of aromatic carboxylic acids is 1. The Labute approximate surface area is 270 Å². The molecule has 0 spiro atoms. The molecular weight excluding hydrogens is 667 g/mol. The molecule has 0 aromatic carbocycles. The van der Waals surface area contributed by atoms with Crippen molar-refractivity contribution in [2.45, 2.75) is 22.4 Å². The van der Waals surface area contributed by atoms with Gasteiger partial charge in [-0.05, 0) is 5.57 Å². The number of pyridine rings is 2. The van der Waals surface area contributed by atoms with Gasteiger partial charge in [-0.15, -0.1) is 34.9 Å². The number of nitrogens with zero attached hydrogens (tertiary/aromatic N) is 4. The SMILES string of the molecule is C[n+]1ccc(SCC2=C(C(=O)[O-])N3C(=O)[C@@H](NC(=O)C(NC(=O)c4cc(=O)c(O)cn4O)c4csc(N)n4)[C@H]3SC2)cc1C(=O)O. The van der Waals surface area contributed by atoms with Crippen molar-refractivity contribution >= 4 is 69.7 Å². The average Bonchev–Trinajstić information content (AvgIpc) is 3.44. The number of nitrogen functional groups attached to an aromatic ring is 1. The van der Waals surface area contributed by atoms with Crippen LogP contribution in [-0.4, -0.2) is 82.6 Å². The zero-order valence-electron chi connectivity index (χ0n) is 23.4. The Balaban J connectivity index is 1.33. The number of aliphatic carboxylic acids is 1. The minimum atomic E-state index is -1.60. The minimum Gasteiger partial charge on any atom is -0.543 e. The summed E-state index contributed by atoms with van der Waals surface area (Å²) in [5.41, 5.74) is 4.13. The molecular formula is C26H23N7O10S3. The molecule has 5 rings (SSSR count). The van der Waals surface area contributed by atoms with Gasteiger partial charge >= 0.3 is 5.97 Å². The van der Waals surface area contributed by atoms with Crippen LogP contribution >= 0.6 is 34.9 Å². The molecule has 2 aliphatic rings. The second-order valence-electron chi connectivity index (χ2n) is 9.86. The first kappa shape index (κ1) is 32.3. The van der Waals surface area contributed by atoms with Crippen molar-refractivity contribution in [1.29, 1.82) is 0 Å². The number of β-lactam (4-membered cyclic amide) rings is 1. The fourth-order valence-electron chi connectivity index (χ4n) is 4.64. The van der Waals surface area contributed by atoms with Crippen molar-refractivity contribution in [2.24, 2.45) is 7.05 Å². The Hall–Kier alpha value is -5.08. The van der Waals surface area contributed by atoms with Gasteiger partial charge in [-0.3, -0.25) is 24.1 Å². The quantitative estimate of drug-likeness (QED) is 0.0584. The lowest BCUT2D eigenvalue weighted by molar-refractivity contribution is -0.674. The van der Waals surface area contributed by atoms with Gasteiger partial charge in [-0.25, -0.2) is 9.78 Å². The van der Waals surface area contributed by atoms with Crippen LogP contribution in [0.2, 0.25) is 0 Å². The highest BCUT2D eigenvalue weighted by Crippen LogP contribution is 2.41. The molecule has 0 saturated carbocycles. The fourth-order valence-corrected chi connectivity index (χ4v) is 7.63. The van der Waals surface area contributed by atoms with Gasteiger partial charge in [0, 0.05) is 40.0 Å². The Morgan fingerprint density at radius 3 is 2.67 bits per heavy atom. The Kier molecular flexibility index (Phi) is 8.94. The number of thiazole rings is 1. The number of amides is 3. The van der Waals surface area contributed by atoms with E-state index in [4.69, 9.17) is 5.73 Å². The molecule has 3 aromatic heterocycles. The van der Waals surface area contributed by atoms with Gasteiger partial charge in [0.1, 0.15) is 24.2 Å². The zero-order chi connectivity index (χ0) is 33.4. The third kappa shape index (κ3) is 6.21. The number of fused-ring (bicyclic) bond motifs is 1. The molecule has 2 aliphatic heterocycles. The topological polar surface area (TPSA) is 261 Å². The molecule has 0 radical (unpaired) electrons. The van der Waals surface area contributed by atoms with E-state index < -0.39 is 64.0 Å². The fraction of sp³-hybridized carbons (Fsp3) is 0.231. The van der Waals surface area contributed by atoms with Crippen molar-refractivity contribution in [3.8, 4) is 5.75 Å². The van der Waals surface area contributed by atoms with E-state index in [-0.39, 0.29) is 38.5 Å². The number of nitrogens with two attached hydrogens (primary N) is 1. The van der Waals surface area contributed by atoms with Crippen LogP contribution in [0.4, 0.5) is 5.13 Å². The number of carboxylic acid groups (broad SMARTS) is 2. The first-order valence-electron chi connectivity index (χ1n) is 13.0. The molecule has 7 N–H and O–H groups in total. The highest BCUT2D eigenvalue weighted by molar-refractivity contribution is 8.01. The standard InChI is InChI=1S/C26H23N7O10S3/c1-31-3-2-11(4-14(31)24(39)40)44-7-10-8-45-23-18(22(38)33(23)19(10)25(41)42)30-21(37)17(12-9-46-26(27)28-12)29-20(36)13-5-15(34)16(35)6-32(13)43/h2-6,9,17-18,23,43H,7-8H2,1H3,(H6-,27,28,29,30,35,36,37,39,40,41,42)/t17?,18-,23-/m1/s1. The normalized spacial score (nSPS) is 17.9. The van der Waals surface area contributed by atoms with Crippen LogP contribution in [0.15, 0.2) is 56.9 Å². The molecule has 1 unspecified atom stereocenters. The van der Waals surface area contributed by atoms with Gasteiger partial charge in [0.25, 0.3) is 17.5 Å². The summed E-state index contributed by atoms with van der Waals surface area (Å²) in [5.74, 6) is -6.07. The smallest absolute Gasteiger partial charge is 0.401 e. The average molecular weight is 690 g/mol. The Morgan fingerprint density at radius 1 is 1.28 bits per heavy atom. The lowest BCUT2D eigenvalue weighted by atomic mass is 10.0. The summed E-state index contributed by atoms with van der Waals surface area (Å²) in [6.45, 7) is 0. The van der Waals surface area contributed by atoms with Crippen LogP contribution in [0.25, 0.3) is 0 Å². The van der Waals surface area contributed by atoms with E-state index in [0.717, 1.165) is 16.2 Å². The summed E-state index contributed by atoms with van der Waals surface area (Å²) >= 11 is 3.32. The molecule has 3 aromatic rings. The number of anilines is 1. The second-order valence-corrected chi connectivity index (χ2v) is 12.9. The molecule has 5 heterocycles. The zero-order valence-corrected chi connectivity index (χ0v) is 25.9. The maximum atomic E-state index is 13.4. The summed E-state index contributed by atoms with van der Waals surface area (Å²) in [6, 6.07) is 0.994. The highest BCUT2D eigenvalue weighted by atomic mass is 32.2. The van der Waals surface area contributed by atoms with E-state index in [1.165, 1.54) is 39.5 Å². The largest absolute Gasteiger partial charge is 0.543 e. The van der Waals surface area contributed by atoms with Gasteiger partial charge < -0.3 is 41.7 Å². The van der Waals surface area contributed by atoms with E-state index in [2.05, 4.69) is 15.6 Å². The maximum absolute atomic E-state index is 13.4. The van der Waals surface area contributed by atoms with E-state index >= 15 is 0 Å². The number of carboxylic acids is 2. The number of aryl methyl sites for hydroxylation is 1. The van der Waals surface area contributed by atoms with Gasteiger partial charge in [0.05, 0.1) is 23.6 Å². The lowest BCUT2D eigenvalue weighted by Gasteiger charge is -2.51. The molecule has 3 amide bonds. The maximum Gasteiger partial charge on any atom is 0.401 e. The van der Waals surface area contributed by atoms with E-state index in [0.29, 0.717) is 22.7 Å². The van der Waals surface area contributed by atoms with Gasteiger partial charge in [-0.2, -0.15) is 9.30 Å². The molecule has 20 heteroatoms. The lowest BCUT2D eigenvalue weighted by Crippen LogP contribution is -2.71. The van der Waals surface area contributed by atoms with Gasteiger partial charge in [-0.1, -0.05) is 0 Å². The van der Waals surface area contributed by atoms with Gasteiger partial charge in [0.15, 0.2) is 23.1 Å². The number of carbonyl (C=O) groups excluding carboxylic acids is 4. The van der Waals surface area contributed by atoms with E-state index in [9.17, 15) is 49.3 Å². The number of hydrogen-bond donors (Lipinski definition) is 6. The summed E-state index contributed by atoms with van der Waals surface area (Å²) in [6.07, 6.45) is 2.15. The number of thioether (sulfide) groups is 2. The summed E-state index contributed by atoms with van der Waals surface area (Å²) in [4.78, 5) is 80.7. The molecule has 1 saturated heterocycles. The van der Waals surface area contributed by atoms with Crippen molar-refractivity contribution < 1.29 is 49.1 Å². The Morgan fingerprint density at radius 2 is 2.02 bits per heavy atom. The third-order valence-corrected chi connectivity index (χ3v) is 10.0. The van der Waals surface area contributed by atoms with Crippen LogP contribution in [0.1, 0.15) is 32.7 Å². The molecule has 1 fully saturated rings. The molecule has 46 heavy (non-hydrogen) atoms. The molecule has 17 nitrogen and oxygen atoms in total. The monoisotopic (exact) mass is 689 g/mol. The molecule has 240 valence electrons. The van der Waals surface area contributed by atoms with Gasteiger partial charge in [0.2, 0.25) is 11.3 Å². The second kappa shape index (κ2) is 12.7. The number of hydrogen-bond acceptors (Lipinski definition) is 14. The third-order valence-electron chi connectivity index (χ3n) is 6.91. The van der Waals surface area contributed by atoms with E-state index in [1.54, 1.807) is 19.3 Å². The number of nitrogens with one attached hydrogen (secondary N) is 2. The predicted octanol–water partition coefficient (Wildman–Crippen LogP) is -1.98. The van der Waals surface area contributed by atoms with Crippen LogP contribution in [-0.2, 0) is 21.4 Å². The molecule has 0 aliphatic carbocycles. The van der Waals surface area contributed by atoms with Crippen molar-refractivity contribution in [3.63, 3.8) is 0 Å². The minimum absolute atomic E-state index is 0.0194. The number of aromatic hydroxyl groups is 1. The first-order valence-corrected chi connectivity index (χ1v) is 15.9. The number of carbonyl (C=O) groups is 5. The van der Waals surface area contributed by atoms with Crippen molar-refractivity contribution in [2.75, 3.05) is 17.2 Å². The summed E-state index contributed by atoms with van der Waals surface area (Å²) in [7, 11) is 1.57. The highest BCUT2D eigenvalue weighted by Gasteiger charge is 2.53. The number of rotatable bonds is 10. The molecule has 0 bridgehead atoms. The van der Waals surface area contributed by atoms with Crippen LogP contribution in [0.3, 0.4) is 0 Å². The van der Waals surface area contributed by atoms with Crippen LogP contribution < -0.4 is 31.5 Å². The van der Waals surface area contributed by atoms with Crippen LogP contribution in [0.5, 0.6) is 5.75 Å². The van der Waals surface area contributed by atoms with Crippen LogP contribution in [0, 0.1) is 0 Å². The van der Waals surface area contributed by atoms with Crippen molar-refractivity contribution in [3.05, 3.63) is 74.5 Å². The molecule has 3 atom stereocenters. The van der Waals surface area contributed by atoms with Crippen molar-refractivity contribution in [1.82, 2.24) is 25.2 Å². The number of aromatic nitrogens is 3. The van der Waals surface area contributed by atoms with E-state index in [1.807, 2.05) is 0 Å². The summed E-state index contributed by atoms with van der Waals surface area (Å²) in [5, 5.41) is 46.5. The Bertz CT molecular complexity index is 1890.